The Bertz CT molecular complexity index is 1090. The number of alkyl carbamates (subject to hydrolysis) is 1. The lowest BCUT2D eigenvalue weighted by Crippen LogP contribution is -2.46. The van der Waals surface area contributed by atoms with Crippen LogP contribution >= 0.6 is 0 Å². The number of rotatable bonds is 3. The molecule has 3 aromatic rings. The topological polar surface area (TPSA) is 122 Å². The van der Waals surface area contributed by atoms with E-state index in [2.05, 4.69) is 32.3 Å². The van der Waals surface area contributed by atoms with Crippen LogP contribution in [0.25, 0.3) is 22.4 Å². The van der Waals surface area contributed by atoms with E-state index in [4.69, 9.17) is 16.2 Å². The molecule has 2 aromatic carbocycles. The van der Waals surface area contributed by atoms with Crippen molar-refractivity contribution in [3.05, 3.63) is 36.4 Å². The Labute approximate surface area is 182 Å². The van der Waals surface area contributed by atoms with E-state index in [0.717, 1.165) is 54.0 Å². The molecule has 1 saturated heterocycles. The quantitative estimate of drug-likeness (QED) is 0.475. The average molecular weight is 423 g/mol. The van der Waals surface area contributed by atoms with E-state index in [1.807, 2.05) is 39.0 Å². The van der Waals surface area contributed by atoms with Crippen LogP contribution in [0.5, 0.6) is 0 Å². The number of hydrogen-bond acceptors (Lipinski definition) is 6. The van der Waals surface area contributed by atoms with E-state index in [9.17, 15) is 4.79 Å². The number of nitrogens with two attached hydrogens (primary N) is 2. The van der Waals surface area contributed by atoms with Gasteiger partial charge in [-0.1, -0.05) is 0 Å². The Morgan fingerprint density at radius 1 is 1.13 bits per heavy atom. The lowest BCUT2D eigenvalue weighted by Gasteiger charge is -2.34. The SMILES string of the molecule is CC(C)(C)OC(=O)NC1CCN(c2ccc3nc(-c4ccc(N)c(N)c4)[nH]c3c2)CC1. The molecule has 6 N–H and O–H groups in total. The van der Waals surface area contributed by atoms with E-state index < -0.39 is 5.60 Å². The average Bonchev–Trinajstić information content (AvgIpc) is 3.12. The minimum atomic E-state index is -0.485. The van der Waals surface area contributed by atoms with Gasteiger partial charge in [0.1, 0.15) is 11.4 Å². The predicted octanol–water partition coefficient (Wildman–Crippen LogP) is 3.89. The number of imidazole rings is 1. The second kappa shape index (κ2) is 8.02. The second-order valence-electron chi connectivity index (χ2n) is 9.04. The summed E-state index contributed by atoms with van der Waals surface area (Å²) in [5, 5.41) is 2.98. The van der Waals surface area contributed by atoms with Crippen LogP contribution in [0, 0.1) is 0 Å². The molecular formula is C23H30N6O2. The van der Waals surface area contributed by atoms with Gasteiger partial charge in [-0.05, 0) is 70.0 Å². The molecule has 0 radical (unpaired) electrons. The molecule has 0 saturated carbocycles. The fraction of sp³-hybridized carbons (Fsp3) is 0.391. The van der Waals surface area contributed by atoms with Crippen molar-refractivity contribution in [1.82, 2.24) is 15.3 Å². The molecule has 1 amide bonds. The molecule has 1 aliphatic heterocycles. The van der Waals surface area contributed by atoms with E-state index in [-0.39, 0.29) is 12.1 Å². The summed E-state index contributed by atoms with van der Waals surface area (Å²) >= 11 is 0. The van der Waals surface area contributed by atoms with Gasteiger partial charge in [0.05, 0.1) is 22.4 Å². The molecule has 0 bridgehead atoms. The van der Waals surface area contributed by atoms with E-state index in [0.29, 0.717) is 11.4 Å². The number of amides is 1. The van der Waals surface area contributed by atoms with Crippen molar-refractivity contribution < 1.29 is 9.53 Å². The summed E-state index contributed by atoms with van der Waals surface area (Å²) in [4.78, 5) is 22.4. The Morgan fingerprint density at radius 2 is 1.87 bits per heavy atom. The minimum absolute atomic E-state index is 0.129. The molecule has 164 valence electrons. The zero-order valence-corrected chi connectivity index (χ0v) is 18.2. The molecule has 0 aliphatic carbocycles. The maximum atomic E-state index is 12.0. The lowest BCUT2D eigenvalue weighted by atomic mass is 10.0. The number of nitrogen functional groups attached to an aromatic ring is 2. The summed E-state index contributed by atoms with van der Waals surface area (Å²) in [6.07, 6.45) is 1.40. The number of aromatic nitrogens is 2. The maximum absolute atomic E-state index is 12.0. The molecule has 8 nitrogen and oxygen atoms in total. The van der Waals surface area contributed by atoms with Gasteiger partial charge in [-0.15, -0.1) is 0 Å². The first-order valence-corrected chi connectivity index (χ1v) is 10.6. The number of carbonyl (C=O) groups excluding carboxylic acids is 1. The molecular weight excluding hydrogens is 392 g/mol. The molecule has 0 unspecified atom stereocenters. The second-order valence-corrected chi connectivity index (χ2v) is 9.04. The summed E-state index contributed by atoms with van der Waals surface area (Å²) in [7, 11) is 0. The van der Waals surface area contributed by atoms with Gasteiger partial charge in [-0.25, -0.2) is 9.78 Å². The van der Waals surface area contributed by atoms with Gasteiger partial charge in [0, 0.05) is 30.4 Å². The van der Waals surface area contributed by atoms with Crippen LogP contribution in [0.15, 0.2) is 36.4 Å². The van der Waals surface area contributed by atoms with Crippen molar-refractivity contribution in [2.24, 2.45) is 0 Å². The number of ether oxygens (including phenoxy) is 1. The Balaban J connectivity index is 1.42. The normalized spacial score (nSPS) is 15.3. The first kappa shape index (κ1) is 20.8. The van der Waals surface area contributed by atoms with Crippen molar-refractivity contribution in [3.8, 4) is 11.4 Å². The molecule has 1 aromatic heterocycles. The number of H-pyrrole nitrogens is 1. The number of piperidine rings is 1. The number of fused-ring (bicyclic) bond motifs is 1. The number of benzene rings is 2. The van der Waals surface area contributed by atoms with Crippen molar-refractivity contribution in [1.29, 1.82) is 0 Å². The molecule has 1 aliphatic rings. The zero-order valence-electron chi connectivity index (χ0n) is 18.2. The smallest absolute Gasteiger partial charge is 0.407 e. The summed E-state index contributed by atoms with van der Waals surface area (Å²) in [6, 6.07) is 11.9. The lowest BCUT2D eigenvalue weighted by molar-refractivity contribution is 0.0497. The van der Waals surface area contributed by atoms with Gasteiger partial charge < -0.3 is 31.4 Å². The van der Waals surface area contributed by atoms with Gasteiger partial charge in [-0.2, -0.15) is 0 Å². The maximum Gasteiger partial charge on any atom is 0.407 e. The van der Waals surface area contributed by atoms with Gasteiger partial charge >= 0.3 is 6.09 Å². The predicted molar refractivity (Wildman–Crippen MR) is 125 cm³/mol. The monoisotopic (exact) mass is 422 g/mol. The van der Waals surface area contributed by atoms with Crippen LogP contribution in [0.4, 0.5) is 21.9 Å². The van der Waals surface area contributed by atoms with E-state index >= 15 is 0 Å². The van der Waals surface area contributed by atoms with Crippen LogP contribution in [0.2, 0.25) is 0 Å². The first-order valence-electron chi connectivity index (χ1n) is 10.6. The Hall–Kier alpha value is -3.42. The summed E-state index contributed by atoms with van der Waals surface area (Å²) in [5.74, 6) is 0.763. The van der Waals surface area contributed by atoms with Crippen molar-refractivity contribution in [2.45, 2.75) is 45.3 Å². The molecule has 2 heterocycles. The highest BCUT2D eigenvalue weighted by atomic mass is 16.6. The third kappa shape index (κ3) is 4.84. The fourth-order valence-electron chi connectivity index (χ4n) is 3.81. The van der Waals surface area contributed by atoms with Gasteiger partial charge in [0.25, 0.3) is 0 Å². The van der Waals surface area contributed by atoms with Crippen molar-refractivity contribution in [2.75, 3.05) is 29.5 Å². The molecule has 31 heavy (non-hydrogen) atoms. The Morgan fingerprint density at radius 3 is 2.55 bits per heavy atom. The highest BCUT2D eigenvalue weighted by molar-refractivity contribution is 5.84. The largest absolute Gasteiger partial charge is 0.444 e. The van der Waals surface area contributed by atoms with Crippen LogP contribution < -0.4 is 21.7 Å². The third-order valence-electron chi connectivity index (χ3n) is 5.41. The molecule has 8 heteroatoms. The Kier molecular flexibility index (Phi) is 5.39. The molecule has 4 rings (SSSR count). The van der Waals surface area contributed by atoms with Gasteiger partial charge in [-0.3, -0.25) is 0 Å². The summed E-state index contributed by atoms with van der Waals surface area (Å²) in [6.45, 7) is 7.33. The van der Waals surface area contributed by atoms with Crippen LogP contribution in [-0.4, -0.2) is 40.8 Å². The number of hydrogen-bond donors (Lipinski definition) is 4. The number of aromatic amines is 1. The van der Waals surface area contributed by atoms with E-state index in [1.165, 1.54) is 0 Å². The highest BCUT2D eigenvalue weighted by Crippen LogP contribution is 2.28. The van der Waals surface area contributed by atoms with Gasteiger partial charge in [0.2, 0.25) is 0 Å². The summed E-state index contributed by atoms with van der Waals surface area (Å²) in [5.41, 5.74) is 16.3. The first-order chi connectivity index (χ1) is 14.7. The third-order valence-corrected chi connectivity index (χ3v) is 5.41. The van der Waals surface area contributed by atoms with E-state index in [1.54, 1.807) is 6.07 Å². The number of carbonyl (C=O) groups is 1. The zero-order chi connectivity index (χ0) is 22.2. The standard InChI is InChI=1S/C23H30N6O2/c1-23(2,3)31-22(30)26-15-8-10-29(11-9-15)16-5-7-19-20(13-16)28-21(27-19)14-4-6-17(24)18(25)12-14/h4-7,12-13,15H,8-11,24-25H2,1-3H3,(H,26,30)(H,27,28). The number of anilines is 3. The van der Waals surface area contributed by atoms with Crippen LogP contribution in [0.3, 0.4) is 0 Å². The molecule has 0 spiro atoms. The fourth-order valence-corrected chi connectivity index (χ4v) is 3.81. The number of nitrogens with one attached hydrogen (secondary N) is 2. The van der Waals surface area contributed by atoms with Crippen molar-refractivity contribution in [3.63, 3.8) is 0 Å². The van der Waals surface area contributed by atoms with Crippen molar-refractivity contribution >= 4 is 34.2 Å². The summed E-state index contributed by atoms with van der Waals surface area (Å²) < 4.78 is 5.36. The highest BCUT2D eigenvalue weighted by Gasteiger charge is 2.24. The number of nitrogens with zero attached hydrogens (tertiary/aromatic N) is 2. The van der Waals surface area contributed by atoms with Crippen LogP contribution in [-0.2, 0) is 4.74 Å². The molecule has 1 fully saturated rings. The van der Waals surface area contributed by atoms with Crippen LogP contribution in [0.1, 0.15) is 33.6 Å². The minimum Gasteiger partial charge on any atom is -0.444 e. The molecule has 0 atom stereocenters. The van der Waals surface area contributed by atoms with Gasteiger partial charge in [0.15, 0.2) is 0 Å².